The summed E-state index contributed by atoms with van der Waals surface area (Å²) >= 11 is 5.88. The Morgan fingerprint density at radius 3 is 2.56 bits per heavy atom. The van der Waals surface area contributed by atoms with Crippen molar-refractivity contribution in [2.75, 3.05) is 5.32 Å². The number of hydrogen-bond acceptors (Lipinski definition) is 3. The highest BCUT2D eigenvalue weighted by atomic mass is 35.5. The Morgan fingerprint density at radius 2 is 2.11 bits per heavy atom. The lowest BCUT2D eigenvalue weighted by Crippen LogP contribution is -2.45. The van der Waals surface area contributed by atoms with E-state index in [1.54, 1.807) is 12.1 Å². The molecule has 0 aliphatic rings. The van der Waals surface area contributed by atoms with E-state index in [-0.39, 0.29) is 11.3 Å². The van der Waals surface area contributed by atoms with Gasteiger partial charge in [0.25, 0.3) is 0 Å². The van der Waals surface area contributed by atoms with Crippen LogP contribution in [0.1, 0.15) is 26.3 Å². The Balaban J connectivity index is 2.84. The Bertz CT molecular complexity index is 500. The van der Waals surface area contributed by atoms with Crippen LogP contribution in [0.5, 0.6) is 0 Å². The third-order valence-corrected chi connectivity index (χ3v) is 2.89. The molecule has 0 bridgehead atoms. The number of nitrogens with one attached hydrogen (secondary N) is 1. The molecule has 0 radical (unpaired) electrons. The fourth-order valence-electron chi connectivity index (χ4n) is 1.30. The zero-order chi connectivity index (χ0) is 13.9. The van der Waals surface area contributed by atoms with Gasteiger partial charge in [-0.3, -0.25) is 4.79 Å². The monoisotopic (exact) mass is 265 g/mol. The summed E-state index contributed by atoms with van der Waals surface area (Å²) < 4.78 is 0. The zero-order valence-corrected chi connectivity index (χ0v) is 11.4. The lowest BCUT2D eigenvalue weighted by atomic mass is 9.87. The second kappa shape index (κ2) is 5.38. The van der Waals surface area contributed by atoms with Crippen molar-refractivity contribution < 1.29 is 4.79 Å². The number of halogens is 1. The molecule has 1 aromatic rings. The van der Waals surface area contributed by atoms with Gasteiger partial charge in [-0.15, -0.1) is 0 Å². The first-order valence-corrected chi connectivity index (χ1v) is 5.89. The quantitative estimate of drug-likeness (QED) is 0.862. The van der Waals surface area contributed by atoms with Crippen molar-refractivity contribution in [3.8, 4) is 6.07 Å². The van der Waals surface area contributed by atoms with Crippen molar-refractivity contribution in [3.63, 3.8) is 0 Å². The number of amides is 1. The molecular weight excluding hydrogens is 250 g/mol. The van der Waals surface area contributed by atoms with Crippen molar-refractivity contribution in [2.45, 2.75) is 26.8 Å². The standard InChI is InChI=1S/C13H16ClN3O/c1-13(2,3)11(16)12(18)17-9-5-4-8(7-15)10(14)6-9/h4-6,11H,16H2,1-3H3,(H,17,18)/t11-/m0/s1. The Morgan fingerprint density at radius 1 is 1.50 bits per heavy atom. The average Bonchev–Trinajstić information content (AvgIpc) is 2.27. The van der Waals surface area contributed by atoms with Crippen LogP contribution in [0.2, 0.25) is 5.02 Å². The normalized spacial score (nSPS) is 12.7. The largest absolute Gasteiger partial charge is 0.325 e. The van der Waals surface area contributed by atoms with Gasteiger partial charge in [-0.2, -0.15) is 5.26 Å². The predicted octanol–water partition coefficient (Wildman–Crippen LogP) is 2.52. The van der Waals surface area contributed by atoms with Gasteiger partial charge >= 0.3 is 0 Å². The molecule has 3 N–H and O–H groups in total. The molecule has 4 nitrogen and oxygen atoms in total. The van der Waals surface area contributed by atoms with Crippen LogP contribution in [0.3, 0.4) is 0 Å². The van der Waals surface area contributed by atoms with Gasteiger partial charge in [-0.25, -0.2) is 0 Å². The average molecular weight is 266 g/mol. The molecule has 0 aromatic heterocycles. The van der Waals surface area contributed by atoms with Gasteiger partial charge in [0.15, 0.2) is 0 Å². The molecule has 0 saturated heterocycles. The van der Waals surface area contributed by atoms with E-state index in [0.29, 0.717) is 16.3 Å². The molecule has 1 amide bonds. The molecule has 18 heavy (non-hydrogen) atoms. The highest BCUT2D eigenvalue weighted by Gasteiger charge is 2.27. The molecule has 0 spiro atoms. The smallest absolute Gasteiger partial charge is 0.241 e. The summed E-state index contributed by atoms with van der Waals surface area (Å²) in [5.41, 5.74) is 6.42. The molecule has 5 heteroatoms. The van der Waals surface area contributed by atoms with Crippen LogP contribution in [0.15, 0.2) is 18.2 Å². The Labute approximate surface area is 112 Å². The minimum atomic E-state index is -0.619. The molecule has 0 saturated carbocycles. The SMILES string of the molecule is CC(C)(C)[C@@H](N)C(=O)Nc1ccc(C#N)c(Cl)c1. The Hall–Kier alpha value is -1.57. The molecule has 0 aliphatic carbocycles. The van der Waals surface area contributed by atoms with Crippen LogP contribution in [-0.2, 0) is 4.79 Å². The molecule has 0 unspecified atom stereocenters. The molecular formula is C13H16ClN3O. The van der Waals surface area contributed by atoms with E-state index in [9.17, 15) is 4.79 Å². The van der Waals surface area contributed by atoms with Gasteiger partial charge in [0.1, 0.15) is 6.07 Å². The summed E-state index contributed by atoms with van der Waals surface area (Å²) in [6.45, 7) is 5.68. The minimum Gasteiger partial charge on any atom is -0.325 e. The summed E-state index contributed by atoms with van der Waals surface area (Å²) in [6, 6.07) is 6.05. The molecule has 1 rings (SSSR count). The minimum absolute atomic E-state index is 0.275. The number of benzene rings is 1. The number of carbonyl (C=O) groups is 1. The van der Waals surface area contributed by atoms with Crippen molar-refractivity contribution in [2.24, 2.45) is 11.1 Å². The van der Waals surface area contributed by atoms with E-state index < -0.39 is 6.04 Å². The van der Waals surface area contributed by atoms with Gasteiger partial charge in [0.2, 0.25) is 5.91 Å². The zero-order valence-electron chi connectivity index (χ0n) is 10.6. The third-order valence-electron chi connectivity index (χ3n) is 2.57. The van der Waals surface area contributed by atoms with Gasteiger partial charge in [-0.05, 0) is 23.6 Å². The van der Waals surface area contributed by atoms with Crippen molar-refractivity contribution in [1.29, 1.82) is 5.26 Å². The Kier molecular flexibility index (Phi) is 4.33. The number of nitriles is 1. The van der Waals surface area contributed by atoms with E-state index in [1.807, 2.05) is 26.8 Å². The van der Waals surface area contributed by atoms with Crippen LogP contribution < -0.4 is 11.1 Å². The van der Waals surface area contributed by atoms with Gasteiger partial charge in [-0.1, -0.05) is 32.4 Å². The highest BCUT2D eigenvalue weighted by Crippen LogP contribution is 2.22. The number of carbonyl (C=O) groups excluding carboxylic acids is 1. The van der Waals surface area contributed by atoms with Gasteiger partial charge in [0.05, 0.1) is 16.6 Å². The van der Waals surface area contributed by atoms with Crippen LogP contribution in [0.4, 0.5) is 5.69 Å². The fourth-order valence-corrected chi connectivity index (χ4v) is 1.52. The van der Waals surface area contributed by atoms with Gasteiger partial charge < -0.3 is 11.1 Å². The second-order valence-corrected chi connectivity index (χ2v) is 5.55. The van der Waals surface area contributed by atoms with E-state index >= 15 is 0 Å². The van der Waals surface area contributed by atoms with Crippen LogP contribution in [-0.4, -0.2) is 11.9 Å². The maximum atomic E-state index is 11.9. The molecule has 0 fully saturated rings. The van der Waals surface area contributed by atoms with Crippen LogP contribution >= 0.6 is 11.6 Å². The van der Waals surface area contributed by atoms with Crippen LogP contribution in [0, 0.1) is 16.7 Å². The second-order valence-electron chi connectivity index (χ2n) is 5.14. The summed E-state index contributed by atoms with van der Waals surface area (Å²) in [5.74, 6) is -0.275. The van der Waals surface area contributed by atoms with Crippen molar-refractivity contribution >= 4 is 23.2 Å². The molecule has 0 heterocycles. The van der Waals surface area contributed by atoms with E-state index in [1.165, 1.54) is 6.07 Å². The first kappa shape index (κ1) is 14.5. The number of nitrogens with zero attached hydrogens (tertiary/aromatic N) is 1. The lowest BCUT2D eigenvalue weighted by molar-refractivity contribution is -0.119. The maximum Gasteiger partial charge on any atom is 0.241 e. The molecule has 0 aliphatic heterocycles. The van der Waals surface area contributed by atoms with E-state index in [2.05, 4.69) is 5.32 Å². The highest BCUT2D eigenvalue weighted by molar-refractivity contribution is 6.32. The number of anilines is 1. The third kappa shape index (κ3) is 3.46. The van der Waals surface area contributed by atoms with Crippen molar-refractivity contribution in [1.82, 2.24) is 0 Å². The van der Waals surface area contributed by atoms with E-state index in [4.69, 9.17) is 22.6 Å². The number of nitrogens with two attached hydrogens (primary N) is 1. The topological polar surface area (TPSA) is 78.9 Å². The number of rotatable bonds is 2. The summed E-state index contributed by atoms with van der Waals surface area (Å²) in [4.78, 5) is 11.9. The maximum absolute atomic E-state index is 11.9. The molecule has 1 aromatic carbocycles. The summed E-state index contributed by atoms with van der Waals surface area (Å²) in [6.07, 6.45) is 0. The molecule has 96 valence electrons. The summed E-state index contributed by atoms with van der Waals surface area (Å²) in [7, 11) is 0. The molecule has 1 atom stereocenters. The fraction of sp³-hybridized carbons (Fsp3) is 0.385. The predicted molar refractivity (Wildman–Crippen MR) is 72.2 cm³/mol. The number of hydrogen-bond donors (Lipinski definition) is 2. The van der Waals surface area contributed by atoms with Crippen LogP contribution in [0.25, 0.3) is 0 Å². The summed E-state index contributed by atoms with van der Waals surface area (Å²) in [5, 5.41) is 11.7. The van der Waals surface area contributed by atoms with Crippen molar-refractivity contribution in [3.05, 3.63) is 28.8 Å². The van der Waals surface area contributed by atoms with Gasteiger partial charge in [0, 0.05) is 5.69 Å². The first-order chi connectivity index (χ1) is 8.25. The van der Waals surface area contributed by atoms with E-state index in [0.717, 1.165) is 0 Å². The first-order valence-electron chi connectivity index (χ1n) is 5.52. The lowest BCUT2D eigenvalue weighted by Gasteiger charge is -2.25.